The third-order valence-corrected chi connectivity index (χ3v) is 4.95. The largest absolute Gasteiger partial charge is 0.444 e. The van der Waals surface area contributed by atoms with Crippen LogP contribution in [0.5, 0.6) is 0 Å². The minimum absolute atomic E-state index is 0. The summed E-state index contributed by atoms with van der Waals surface area (Å²) >= 11 is 0. The molecule has 0 saturated heterocycles. The molecule has 1 heterocycles. The molecule has 0 fully saturated rings. The molecule has 190 valence electrons. The topological polar surface area (TPSA) is 88.0 Å². The SMILES string of the molecule is CCNC(=NCCCCn1ccccc1=O)N(C)CCC(NC(=O)OC(C)(C)C)C(C)C.I. The van der Waals surface area contributed by atoms with Gasteiger partial charge in [0.1, 0.15) is 5.60 Å². The fourth-order valence-corrected chi connectivity index (χ4v) is 3.16. The third kappa shape index (κ3) is 13.5. The number of nitrogens with zero attached hydrogens (tertiary/aromatic N) is 3. The molecule has 1 aromatic rings. The number of aryl methyl sites for hydroxylation is 1. The summed E-state index contributed by atoms with van der Waals surface area (Å²) in [6, 6.07) is 5.23. The van der Waals surface area contributed by atoms with Gasteiger partial charge in [0, 0.05) is 51.5 Å². The second kappa shape index (κ2) is 16.0. The molecule has 8 nitrogen and oxygen atoms in total. The van der Waals surface area contributed by atoms with Crippen LogP contribution in [0, 0.1) is 5.92 Å². The number of nitrogens with one attached hydrogen (secondary N) is 2. The Morgan fingerprint density at radius 1 is 1.24 bits per heavy atom. The number of hydrogen-bond donors (Lipinski definition) is 2. The Labute approximate surface area is 216 Å². The number of alkyl carbamates (subject to hydrolysis) is 1. The normalized spacial score (nSPS) is 12.7. The number of guanidine groups is 1. The molecule has 0 aromatic carbocycles. The molecule has 1 rings (SSSR count). The van der Waals surface area contributed by atoms with Gasteiger partial charge < -0.3 is 24.8 Å². The van der Waals surface area contributed by atoms with Crippen LogP contribution in [-0.2, 0) is 11.3 Å². The molecule has 0 aliphatic heterocycles. The van der Waals surface area contributed by atoms with Crippen LogP contribution in [0.2, 0.25) is 0 Å². The summed E-state index contributed by atoms with van der Waals surface area (Å²) in [6.45, 7) is 14.8. The Morgan fingerprint density at radius 3 is 2.52 bits per heavy atom. The van der Waals surface area contributed by atoms with Crippen LogP contribution in [0.1, 0.15) is 60.8 Å². The van der Waals surface area contributed by atoms with Crippen molar-refractivity contribution in [1.82, 2.24) is 20.1 Å². The highest BCUT2D eigenvalue weighted by Crippen LogP contribution is 2.11. The van der Waals surface area contributed by atoms with Crippen LogP contribution in [0.3, 0.4) is 0 Å². The standard InChI is InChI=1S/C24H43N5O3.HI/c1-8-25-22(26-15-10-12-17-29-16-11-9-13-21(29)30)28(7)18-14-20(19(2)3)27-23(31)32-24(4,5)6;/h9,11,13,16,19-20H,8,10,12,14-15,17-18H2,1-7H3,(H,25,26)(H,27,31);1H. The van der Waals surface area contributed by atoms with Crippen molar-refractivity contribution in [1.29, 1.82) is 0 Å². The van der Waals surface area contributed by atoms with Crippen LogP contribution in [-0.4, -0.2) is 59.8 Å². The quantitative estimate of drug-likeness (QED) is 0.179. The average Bonchev–Trinajstić information content (AvgIpc) is 2.69. The van der Waals surface area contributed by atoms with Crippen LogP contribution in [0.15, 0.2) is 34.2 Å². The van der Waals surface area contributed by atoms with Gasteiger partial charge in [0.25, 0.3) is 0 Å². The van der Waals surface area contributed by atoms with Crippen molar-refractivity contribution >= 4 is 36.0 Å². The number of carbonyl (C=O) groups is 1. The fourth-order valence-electron chi connectivity index (χ4n) is 3.16. The van der Waals surface area contributed by atoms with Crippen molar-refractivity contribution in [3.63, 3.8) is 0 Å². The van der Waals surface area contributed by atoms with E-state index in [2.05, 4.69) is 29.4 Å². The highest BCUT2D eigenvalue weighted by Gasteiger charge is 2.22. The summed E-state index contributed by atoms with van der Waals surface area (Å²) in [4.78, 5) is 30.8. The van der Waals surface area contributed by atoms with Crippen molar-refractivity contribution < 1.29 is 9.53 Å². The van der Waals surface area contributed by atoms with E-state index in [1.165, 1.54) is 0 Å². The minimum atomic E-state index is -0.512. The van der Waals surface area contributed by atoms with Gasteiger partial charge in [-0.25, -0.2) is 4.79 Å². The van der Waals surface area contributed by atoms with E-state index >= 15 is 0 Å². The molecule has 0 aliphatic rings. The van der Waals surface area contributed by atoms with Gasteiger partial charge in [-0.15, -0.1) is 24.0 Å². The van der Waals surface area contributed by atoms with Gasteiger partial charge in [-0.3, -0.25) is 9.79 Å². The summed E-state index contributed by atoms with van der Waals surface area (Å²) < 4.78 is 7.13. The lowest BCUT2D eigenvalue weighted by molar-refractivity contribution is 0.0486. The molecule has 1 amide bonds. The summed E-state index contributed by atoms with van der Waals surface area (Å²) in [5.41, 5.74) is -0.481. The van der Waals surface area contributed by atoms with Gasteiger partial charge >= 0.3 is 6.09 Å². The molecule has 1 atom stereocenters. The fraction of sp³-hybridized carbons (Fsp3) is 0.708. The maximum absolute atomic E-state index is 12.2. The number of hydrogen-bond acceptors (Lipinski definition) is 4. The van der Waals surface area contributed by atoms with Crippen molar-refractivity contribution in [2.45, 2.75) is 79.0 Å². The predicted octanol–water partition coefficient (Wildman–Crippen LogP) is 4.08. The Morgan fingerprint density at radius 2 is 1.94 bits per heavy atom. The van der Waals surface area contributed by atoms with E-state index in [-0.39, 0.29) is 47.6 Å². The Kier molecular flexibility index (Phi) is 15.1. The molecule has 2 N–H and O–H groups in total. The van der Waals surface area contributed by atoms with E-state index in [1.54, 1.807) is 16.7 Å². The molecule has 9 heteroatoms. The highest BCUT2D eigenvalue weighted by molar-refractivity contribution is 14.0. The molecule has 0 spiro atoms. The van der Waals surface area contributed by atoms with E-state index < -0.39 is 5.60 Å². The highest BCUT2D eigenvalue weighted by atomic mass is 127. The van der Waals surface area contributed by atoms with Gasteiger partial charge in [-0.05, 0) is 58.9 Å². The first-order chi connectivity index (χ1) is 15.0. The lowest BCUT2D eigenvalue weighted by Gasteiger charge is -2.28. The van der Waals surface area contributed by atoms with Crippen LogP contribution < -0.4 is 16.2 Å². The second-order valence-electron chi connectivity index (χ2n) is 9.38. The number of aromatic nitrogens is 1. The maximum Gasteiger partial charge on any atom is 0.407 e. The number of ether oxygens (including phenoxy) is 1. The van der Waals surface area contributed by atoms with Crippen molar-refractivity contribution in [3.05, 3.63) is 34.7 Å². The van der Waals surface area contributed by atoms with Crippen molar-refractivity contribution in [3.8, 4) is 0 Å². The summed E-state index contributed by atoms with van der Waals surface area (Å²) in [5, 5.41) is 6.34. The summed E-state index contributed by atoms with van der Waals surface area (Å²) in [5.74, 6) is 1.14. The van der Waals surface area contributed by atoms with E-state index in [9.17, 15) is 9.59 Å². The smallest absolute Gasteiger partial charge is 0.407 e. The average molecular weight is 578 g/mol. The van der Waals surface area contributed by atoms with Crippen molar-refractivity contribution in [2.75, 3.05) is 26.7 Å². The lowest BCUT2D eigenvalue weighted by Crippen LogP contribution is -2.45. The lowest BCUT2D eigenvalue weighted by atomic mass is 10.0. The summed E-state index contributed by atoms with van der Waals surface area (Å²) in [6.07, 6.45) is 4.02. The molecule has 1 unspecified atom stereocenters. The molecular formula is C24H44IN5O3. The van der Waals surface area contributed by atoms with Crippen LogP contribution in [0.25, 0.3) is 0 Å². The van der Waals surface area contributed by atoms with E-state index in [0.717, 1.165) is 38.3 Å². The molecule has 0 radical (unpaired) electrons. The zero-order valence-corrected chi connectivity index (χ0v) is 23.7. The Hall–Kier alpha value is -1.78. The van der Waals surface area contributed by atoms with Gasteiger partial charge in [0.05, 0.1) is 0 Å². The zero-order chi connectivity index (χ0) is 24.1. The maximum atomic E-state index is 12.2. The predicted molar refractivity (Wildman–Crippen MR) is 147 cm³/mol. The number of unbranched alkanes of at least 4 members (excludes halogenated alkanes) is 1. The molecule has 0 aliphatic carbocycles. The first-order valence-corrected chi connectivity index (χ1v) is 11.7. The molecule has 0 saturated carbocycles. The van der Waals surface area contributed by atoms with Crippen molar-refractivity contribution in [2.24, 2.45) is 10.9 Å². The van der Waals surface area contributed by atoms with Crippen LogP contribution >= 0.6 is 24.0 Å². The van der Waals surface area contributed by atoms with Crippen LogP contribution in [0.4, 0.5) is 4.79 Å². The van der Waals surface area contributed by atoms with Gasteiger partial charge in [0.15, 0.2) is 5.96 Å². The van der Waals surface area contributed by atoms with Gasteiger partial charge in [-0.2, -0.15) is 0 Å². The summed E-state index contributed by atoms with van der Waals surface area (Å²) in [7, 11) is 2.01. The third-order valence-electron chi connectivity index (χ3n) is 4.95. The monoisotopic (exact) mass is 577 g/mol. The van der Waals surface area contributed by atoms with E-state index in [4.69, 9.17) is 9.73 Å². The van der Waals surface area contributed by atoms with E-state index in [0.29, 0.717) is 13.1 Å². The molecule has 33 heavy (non-hydrogen) atoms. The number of aliphatic imine (C=N–C) groups is 1. The zero-order valence-electron chi connectivity index (χ0n) is 21.4. The second-order valence-corrected chi connectivity index (χ2v) is 9.38. The minimum Gasteiger partial charge on any atom is -0.444 e. The molecule has 0 bridgehead atoms. The number of pyridine rings is 1. The number of halogens is 1. The first kappa shape index (κ1) is 31.2. The number of carbonyl (C=O) groups excluding carboxylic acids is 1. The Bertz CT molecular complexity index is 774. The van der Waals surface area contributed by atoms with E-state index in [1.807, 2.05) is 47.0 Å². The number of rotatable bonds is 11. The van der Waals surface area contributed by atoms with Gasteiger partial charge in [0.2, 0.25) is 5.56 Å². The first-order valence-electron chi connectivity index (χ1n) is 11.7. The molecule has 1 aromatic heterocycles. The molecular weight excluding hydrogens is 533 g/mol. The number of amides is 1. The van der Waals surface area contributed by atoms with Gasteiger partial charge in [-0.1, -0.05) is 19.9 Å². The Balaban J connectivity index is 0.0000102.